The zero-order valence-corrected chi connectivity index (χ0v) is 14.6. The van der Waals surface area contributed by atoms with Gasteiger partial charge in [0, 0.05) is 11.1 Å². The molecular formula is C21H17F3N4. The van der Waals surface area contributed by atoms with Crippen LogP contribution < -0.4 is 11.5 Å². The molecule has 0 spiro atoms. The summed E-state index contributed by atoms with van der Waals surface area (Å²) in [6.45, 7) is 0. The Morgan fingerprint density at radius 1 is 0.643 bits per heavy atom. The minimum absolute atomic E-state index is 0.0479. The second kappa shape index (κ2) is 7.19. The first kappa shape index (κ1) is 19.2. The SMILES string of the molecule is N=C(N)c1ccc(-c2ccc(-c3ccc(C(=N)N)cc3)c(C(F)(F)F)c2)cc1. The van der Waals surface area contributed by atoms with Crippen LogP contribution in [0.5, 0.6) is 0 Å². The Kier molecular flexibility index (Phi) is 4.92. The molecule has 3 aromatic rings. The van der Waals surface area contributed by atoms with Crippen molar-refractivity contribution in [2.24, 2.45) is 11.5 Å². The minimum atomic E-state index is -4.54. The molecule has 0 heterocycles. The Balaban J connectivity index is 2.07. The van der Waals surface area contributed by atoms with Gasteiger partial charge in [-0.05, 0) is 28.3 Å². The molecule has 0 aliphatic heterocycles. The monoisotopic (exact) mass is 382 g/mol. The van der Waals surface area contributed by atoms with E-state index >= 15 is 0 Å². The summed E-state index contributed by atoms with van der Waals surface area (Å²) in [5, 5.41) is 14.8. The van der Waals surface area contributed by atoms with Gasteiger partial charge in [0.15, 0.2) is 0 Å². The molecule has 0 aliphatic carbocycles. The van der Waals surface area contributed by atoms with Gasteiger partial charge in [0.1, 0.15) is 11.7 Å². The molecule has 0 aromatic heterocycles. The molecule has 0 atom stereocenters. The molecule has 0 unspecified atom stereocenters. The van der Waals surface area contributed by atoms with E-state index in [4.69, 9.17) is 22.3 Å². The molecule has 28 heavy (non-hydrogen) atoms. The summed E-state index contributed by atoms with van der Waals surface area (Å²) in [5.41, 5.74) is 12.4. The number of nitrogens with one attached hydrogen (secondary N) is 2. The van der Waals surface area contributed by atoms with Gasteiger partial charge < -0.3 is 11.5 Å². The van der Waals surface area contributed by atoms with E-state index in [1.54, 1.807) is 30.3 Å². The Hall–Kier alpha value is -3.61. The van der Waals surface area contributed by atoms with E-state index in [-0.39, 0.29) is 17.2 Å². The van der Waals surface area contributed by atoms with E-state index in [0.29, 0.717) is 27.8 Å². The van der Waals surface area contributed by atoms with Crippen molar-refractivity contribution in [1.82, 2.24) is 0 Å². The summed E-state index contributed by atoms with van der Waals surface area (Å²) in [6, 6.07) is 16.7. The maximum atomic E-state index is 13.7. The van der Waals surface area contributed by atoms with Gasteiger partial charge in [0.2, 0.25) is 0 Å². The quantitative estimate of drug-likeness (QED) is 0.391. The average Bonchev–Trinajstić information content (AvgIpc) is 2.67. The van der Waals surface area contributed by atoms with Crippen molar-refractivity contribution < 1.29 is 13.2 Å². The highest BCUT2D eigenvalue weighted by molar-refractivity contribution is 5.96. The van der Waals surface area contributed by atoms with Crippen LogP contribution in [0.1, 0.15) is 16.7 Å². The molecule has 7 heteroatoms. The van der Waals surface area contributed by atoms with Crippen molar-refractivity contribution >= 4 is 11.7 Å². The molecule has 0 fully saturated rings. The summed E-state index contributed by atoms with van der Waals surface area (Å²) in [6.07, 6.45) is -4.54. The topological polar surface area (TPSA) is 99.7 Å². The zero-order chi connectivity index (χ0) is 20.5. The number of halogens is 3. The van der Waals surface area contributed by atoms with E-state index in [1.807, 2.05) is 0 Å². The molecule has 3 aromatic carbocycles. The van der Waals surface area contributed by atoms with Crippen LogP contribution in [0.3, 0.4) is 0 Å². The number of hydrogen-bond acceptors (Lipinski definition) is 2. The van der Waals surface area contributed by atoms with E-state index in [9.17, 15) is 13.2 Å². The first-order valence-corrected chi connectivity index (χ1v) is 8.28. The van der Waals surface area contributed by atoms with Crippen molar-refractivity contribution in [3.8, 4) is 22.3 Å². The second-order valence-electron chi connectivity index (χ2n) is 6.24. The number of benzene rings is 3. The zero-order valence-electron chi connectivity index (χ0n) is 14.6. The molecule has 6 N–H and O–H groups in total. The summed E-state index contributed by atoms with van der Waals surface area (Å²) >= 11 is 0. The molecule has 0 amide bonds. The van der Waals surface area contributed by atoms with Crippen LogP contribution >= 0.6 is 0 Å². The highest BCUT2D eigenvalue weighted by atomic mass is 19.4. The molecule has 3 rings (SSSR count). The van der Waals surface area contributed by atoms with Gasteiger partial charge in [0.25, 0.3) is 0 Å². The Morgan fingerprint density at radius 2 is 1.07 bits per heavy atom. The van der Waals surface area contributed by atoms with Crippen LogP contribution in [0.15, 0.2) is 66.7 Å². The van der Waals surface area contributed by atoms with Crippen molar-refractivity contribution in [3.05, 3.63) is 83.4 Å². The molecular weight excluding hydrogens is 365 g/mol. The van der Waals surface area contributed by atoms with Gasteiger partial charge in [-0.15, -0.1) is 0 Å². The maximum absolute atomic E-state index is 13.7. The predicted octanol–water partition coefficient (Wildman–Crippen LogP) is 4.61. The predicted molar refractivity (Wildman–Crippen MR) is 104 cm³/mol. The lowest BCUT2D eigenvalue weighted by Crippen LogP contribution is -2.11. The summed E-state index contributed by atoms with van der Waals surface area (Å²) in [7, 11) is 0. The van der Waals surface area contributed by atoms with Crippen LogP contribution in [0.4, 0.5) is 13.2 Å². The molecule has 4 nitrogen and oxygen atoms in total. The second-order valence-corrected chi connectivity index (χ2v) is 6.24. The highest BCUT2D eigenvalue weighted by Gasteiger charge is 2.34. The first-order valence-electron chi connectivity index (χ1n) is 8.28. The van der Waals surface area contributed by atoms with E-state index in [0.717, 1.165) is 6.07 Å². The number of nitrogens with two attached hydrogens (primary N) is 2. The molecule has 0 radical (unpaired) electrons. The van der Waals surface area contributed by atoms with Gasteiger partial charge in [-0.3, -0.25) is 10.8 Å². The highest BCUT2D eigenvalue weighted by Crippen LogP contribution is 2.39. The van der Waals surface area contributed by atoms with Gasteiger partial charge in [-0.2, -0.15) is 13.2 Å². The smallest absolute Gasteiger partial charge is 0.384 e. The van der Waals surface area contributed by atoms with Crippen LogP contribution in [-0.4, -0.2) is 11.7 Å². The maximum Gasteiger partial charge on any atom is 0.417 e. The average molecular weight is 382 g/mol. The van der Waals surface area contributed by atoms with Gasteiger partial charge in [-0.1, -0.05) is 60.7 Å². The van der Waals surface area contributed by atoms with E-state index in [2.05, 4.69) is 0 Å². The fourth-order valence-electron chi connectivity index (χ4n) is 2.88. The lowest BCUT2D eigenvalue weighted by Gasteiger charge is -2.15. The molecule has 142 valence electrons. The van der Waals surface area contributed by atoms with Crippen molar-refractivity contribution in [1.29, 1.82) is 10.8 Å². The Bertz CT molecular complexity index is 1040. The van der Waals surface area contributed by atoms with Crippen LogP contribution in [-0.2, 0) is 6.18 Å². The molecule has 0 bridgehead atoms. The van der Waals surface area contributed by atoms with Crippen LogP contribution in [0, 0.1) is 10.8 Å². The summed E-state index contributed by atoms with van der Waals surface area (Å²) in [5.74, 6) is -0.251. The third-order valence-electron chi connectivity index (χ3n) is 4.36. The summed E-state index contributed by atoms with van der Waals surface area (Å²) < 4.78 is 41.1. The summed E-state index contributed by atoms with van der Waals surface area (Å²) in [4.78, 5) is 0. The fraction of sp³-hybridized carbons (Fsp3) is 0.0476. The number of amidine groups is 2. The number of alkyl halides is 3. The van der Waals surface area contributed by atoms with Gasteiger partial charge in [-0.25, -0.2) is 0 Å². The normalized spacial score (nSPS) is 11.2. The van der Waals surface area contributed by atoms with Crippen molar-refractivity contribution in [2.75, 3.05) is 0 Å². The fourth-order valence-corrected chi connectivity index (χ4v) is 2.88. The van der Waals surface area contributed by atoms with E-state index in [1.165, 1.54) is 30.3 Å². The molecule has 0 saturated heterocycles. The molecule has 0 saturated carbocycles. The van der Waals surface area contributed by atoms with Crippen LogP contribution in [0.25, 0.3) is 22.3 Å². The number of hydrogen-bond donors (Lipinski definition) is 4. The van der Waals surface area contributed by atoms with Crippen molar-refractivity contribution in [2.45, 2.75) is 6.18 Å². The van der Waals surface area contributed by atoms with Gasteiger partial charge >= 0.3 is 6.18 Å². The first-order chi connectivity index (χ1) is 13.2. The number of nitrogen functional groups attached to an aromatic ring is 2. The Labute approximate surface area is 159 Å². The van der Waals surface area contributed by atoms with Crippen LogP contribution in [0.2, 0.25) is 0 Å². The van der Waals surface area contributed by atoms with Crippen molar-refractivity contribution in [3.63, 3.8) is 0 Å². The van der Waals surface area contributed by atoms with E-state index < -0.39 is 11.7 Å². The standard InChI is InChI=1S/C21H17F3N4/c22-21(23,24)18-11-16(12-1-5-14(6-2-12)19(25)26)9-10-17(18)13-3-7-15(8-4-13)20(27)28/h1-11H,(H3,25,26)(H3,27,28). The lowest BCUT2D eigenvalue weighted by molar-refractivity contribution is -0.137. The number of rotatable bonds is 4. The third kappa shape index (κ3) is 3.88. The van der Waals surface area contributed by atoms with Gasteiger partial charge in [0.05, 0.1) is 5.56 Å². The Morgan fingerprint density at radius 3 is 1.50 bits per heavy atom. The largest absolute Gasteiger partial charge is 0.417 e. The minimum Gasteiger partial charge on any atom is -0.384 e. The molecule has 0 aliphatic rings. The third-order valence-corrected chi connectivity index (χ3v) is 4.36. The lowest BCUT2D eigenvalue weighted by atomic mass is 9.93.